The number of benzene rings is 1. The van der Waals surface area contributed by atoms with Crippen LogP contribution in [0.25, 0.3) is 11.3 Å². The summed E-state index contributed by atoms with van der Waals surface area (Å²) in [5, 5.41) is 3.76. The molecule has 0 unspecified atom stereocenters. The van der Waals surface area contributed by atoms with Gasteiger partial charge in [-0.05, 0) is 0 Å². The zero-order chi connectivity index (χ0) is 11.9. The van der Waals surface area contributed by atoms with E-state index in [1.54, 1.807) is 0 Å². The lowest BCUT2D eigenvalue weighted by atomic mass is 10.1. The average molecular weight is 227 g/mol. The molecule has 1 aromatic heterocycles. The van der Waals surface area contributed by atoms with Gasteiger partial charge in [0.2, 0.25) is 0 Å². The maximum absolute atomic E-state index is 13.5. The molecular formula is C10H8F3N3. The molecule has 16 heavy (non-hydrogen) atoms. The topological polar surface area (TPSA) is 43.8 Å². The minimum atomic E-state index is -1.01. The summed E-state index contributed by atoms with van der Waals surface area (Å²) in [6.45, 7) is 0. The number of nitrogens with two attached hydrogens (primary N) is 1. The van der Waals surface area contributed by atoms with E-state index < -0.39 is 17.5 Å². The number of rotatable bonds is 1. The first-order chi connectivity index (χ1) is 7.50. The highest BCUT2D eigenvalue weighted by Gasteiger charge is 2.19. The van der Waals surface area contributed by atoms with Crippen LogP contribution >= 0.6 is 0 Å². The number of hydrogen-bond donors (Lipinski definition) is 1. The van der Waals surface area contributed by atoms with Gasteiger partial charge in [-0.2, -0.15) is 5.10 Å². The van der Waals surface area contributed by atoms with Gasteiger partial charge in [-0.15, -0.1) is 0 Å². The Bertz CT molecular complexity index is 506. The lowest BCUT2D eigenvalue weighted by Crippen LogP contribution is -2.01. The fourth-order valence-electron chi connectivity index (χ4n) is 1.53. The number of halogens is 3. The van der Waals surface area contributed by atoms with E-state index in [2.05, 4.69) is 5.10 Å². The summed E-state index contributed by atoms with van der Waals surface area (Å²) in [5.74, 6) is -2.99. The summed E-state index contributed by atoms with van der Waals surface area (Å²) in [7, 11) is 1.49. The molecule has 0 radical (unpaired) electrons. The maximum Gasteiger partial charge on any atom is 0.138 e. The van der Waals surface area contributed by atoms with Gasteiger partial charge >= 0.3 is 0 Å². The molecule has 0 fully saturated rings. The minimum absolute atomic E-state index is 0.0926. The first-order valence-corrected chi connectivity index (χ1v) is 4.43. The third-order valence-corrected chi connectivity index (χ3v) is 2.21. The molecule has 0 aliphatic rings. The van der Waals surface area contributed by atoms with Gasteiger partial charge in [0.05, 0.1) is 23.1 Å². The predicted octanol–water partition coefficient (Wildman–Crippen LogP) is 2.09. The first-order valence-electron chi connectivity index (χ1n) is 4.43. The Morgan fingerprint density at radius 1 is 1.19 bits per heavy atom. The number of nitrogens with zero attached hydrogens (tertiary/aromatic N) is 2. The molecule has 1 heterocycles. The van der Waals surface area contributed by atoms with E-state index in [0.29, 0.717) is 12.1 Å². The molecule has 0 amide bonds. The van der Waals surface area contributed by atoms with Gasteiger partial charge in [0.15, 0.2) is 0 Å². The third kappa shape index (κ3) is 1.52. The van der Waals surface area contributed by atoms with Crippen LogP contribution in [0.1, 0.15) is 0 Å². The molecule has 0 saturated heterocycles. The van der Waals surface area contributed by atoms with E-state index in [-0.39, 0.29) is 16.9 Å². The van der Waals surface area contributed by atoms with Crippen molar-refractivity contribution >= 4 is 5.69 Å². The Kier molecular flexibility index (Phi) is 2.34. The molecule has 1 aromatic carbocycles. The molecule has 84 valence electrons. The number of aryl methyl sites for hydroxylation is 1. The zero-order valence-corrected chi connectivity index (χ0v) is 8.34. The summed E-state index contributed by atoms with van der Waals surface area (Å²) >= 11 is 0. The average Bonchev–Trinajstić information content (AvgIpc) is 2.47. The molecule has 0 aliphatic heterocycles. The van der Waals surface area contributed by atoms with Crippen molar-refractivity contribution < 1.29 is 13.2 Å². The van der Waals surface area contributed by atoms with E-state index in [0.717, 1.165) is 0 Å². The van der Waals surface area contributed by atoms with Crippen molar-refractivity contribution in [2.75, 3.05) is 5.73 Å². The maximum atomic E-state index is 13.5. The number of nitrogen functional groups attached to an aromatic ring is 1. The highest BCUT2D eigenvalue weighted by Crippen LogP contribution is 2.30. The van der Waals surface area contributed by atoms with Gasteiger partial charge in [-0.1, -0.05) is 0 Å². The lowest BCUT2D eigenvalue weighted by Gasteiger charge is -2.06. The Hall–Kier alpha value is -1.98. The Balaban J connectivity index is 2.74. The number of aromatic nitrogens is 2. The standard InChI is InChI=1S/C10H8F3N3/c1-16-10(8(14)4-15-16)9-6(12)2-5(11)3-7(9)13/h2-4H,14H2,1H3. The summed E-state index contributed by atoms with van der Waals surface area (Å²) in [6.07, 6.45) is 1.28. The van der Waals surface area contributed by atoms with Crippen LogP contribution in [0.3, 0.4) is 0 Å². The van der Waals surface area contributed by atoms with Gasteiger partial charge in [-0.3, -0.25) is 4.68 Å². The van der Waals surface area contributed by atoms with Crippen LogP contribution in [0, 0.1) is 17.5 Å². The monoisotopic (exact) mass is 227 g/mol. The smallest absolute Gasteiger partial charge is 0.138 e. The van der Waals surface area contributed by atoms with Gasteiger partial charge in [0, 0.05) is 19.2 Å². The molecule has 0 bridgehead atoms. The molecule has 2 aromatic rings. The van der Waals surface area contributed by atoms with E-state index in [1.807, 2.05) is 0 Å². The summed E-state index contributed by atoms with van der Waals surface area (Å²) in [4.78, 5) is 0. The Morgan fingerprint density at radius 2 is 1.75 bits per heavy atom. The van der Waals surface area contributed by atoms with E-state index in [1.165, 1.54) is 17.9 Å². The molecule has 2 rings (SSSR count). The van der Waals surface area contributed by atoms with Crippen LogP contribution in [0.4, 0.5) is 18.9 Å². The Labute approximate surface area is 89.3 Å². The van der Waals surface area contributed by atoms with Crippen molar-refractivity contribution in [3.63, 3.8) is 0 Å². The summed E-state index contributed by atoms with van der Waals surface area (Å²) in [5.41, 5.74) is 5.39. The van der Waals surface area contributed by atoms with Crippen molar-refractivity contribution in [3.05, 3.63) is 35.8 Å². The second-order valence-electron chi connectivity index (χ2n) is 3.32. The highest BCUT2D eigenvalue weighted by atomic mass is 19.1. The molecule has 3 nitrogen and oxygen atoms in total. The minimum Gasteiger partial charge on any atom is -0.396 e. The SMILES string of the molecule is Cn1ncc(N)c1-c1c(F)cc(F)cc1F. The summed E-state index contributed by atoms with van der Waals surface area (Å²) in [6, 6.07) is 1.20. The van der Waals surface area contributed by atoms with Crippen LogP contribution in [0.2, 0.25) is 0 Å². The van der Waals surface area contributed by atoms with Gasteiger partial charge in [0.1, 0.15) is 17.5 Å². The largest absolute Gasteiger partial charge is 0.396 e. The van der Waals surface area contributed by atoms with Gasteiger partial charge in [-0.25, -0.2) is 13.2 Å². The van der Waals surface area contributed by atoms with Crippen molar-refractivity contribution in [3.8, 4) is 11.3 Å². The fourth-order valence-corrected chi connectivity index (χ4v) is 1.53. The lowest BCUT2D eigenvalue weighted by molar-refractivity contribution is 0.545. The zero-order valence-electron chi connectivity index (χ0n) is 8.34. The molecule has 2 N–H and O–H groups in total. The van der Waals surface area contributed by atoms with Crippen LogP contribution < -0.4 is 5.73 Å². The van der Waals surface area contributed by atoms with E-state index >= 15 is 0 Å². The first kappa shape index (κ1) is 10.5. The van der Waals surface area contributed by atoms with Crippen LogP contribution in [0.5, 0.6) is 0 Å². The van der Waals surface area contributed by atoms with Gasteiger partial charge < -0.3 is 5.73 Å². The van der Waals surface area contributed by atoms with Crippen molar-refractivity contribution in [1.82, 2.24) is 9.78 Å². The second-order valence-corrected chi connectivity index (χ2v) is 3.32. The van der Waals surface area contributed by atoms with E-state index in [9.17, 15) is 13.2 Å². The van der Waals surface area contributed by atoms with E-state index in [4.69, 9.17) is 5.73 Å². The number of anilines is 1. The normalized spacial score (nSPS) is 10.8. The van der Waals surface area contributed by atoms with Crippen LogP contribution in [-0.2, 0) is 7.05 Å². The molecule has 6 heteroatoms. The molecular weight excluding hydrogens is 219 g/mol. The fraction of sp³-hybridized carbons (Fsp3) is 0.100. The van der Waals surface area contributed by atoms with Crippen molar-refractivity contribution in [2.45, 2.75) is 0 Å². The van der Waals surface area contributed by atoms with Crippen molar-refractivity contribution in [1.29, 1.82) is 0 Å². The molecule has 0 spiro atoms. The third-order valence-electron chi connectivity index (χ3n) is 2.21. The van der Waals surface area contributed by atoms with Gasteiger partial charge in [0.25, 0.3) is 0 Å². The predicted molar refractivity (Wildman–Crippen MR) is 52.9 cm³/mol. The highest BCUT2D eigenvalue weighted by molar-refractivity contribution is 5.73. The number of hydrogen-bond acceptors (Lipinski definition) is 2. The van der Waals surface area contributed by atoms with Crippen LogP contribution in [0.15, 0.2) is 18.3 Å². The summed E-state index contributed by atoms with van der Waals surface area (Å²) < 4.78 is 40.9. The second kappa shape index (κ2) is 3.55. The molecule has 0 saturated carbocycles. The van der Waals surface area contributed by atoms with Crippen molar-refractivity contribution in [2.24, 2.45) is 7.05 Å². The molecule has 0 aliphatic carbocycles. The molecule has 0 atom stereocenters. The Morgan fingerprint density at radius 3 is 2.19 bits per heavy atom. The quantitative estimate of drug-likeness (QED) is 0.810. The van der Waals surface area contributed by atoms with Crippen LogP contribution in [-0.4, -0.2) is 9.78 Å².